The van der Waals surface area contributed by atoms with Crippen LogP contribution in [-0.4, -0.2) is 20.5 Å². The van der Waals surface area contributed by atoms with E-state index in [1.807, 2.05) is 73.3 Å². The van der Waals surface area contributed by atoms with E-state index < -0.39 is 0 Å². The Balaban J connectivity index is 1.43. The number of ketones is 1. The zero-order valence-corrected chi connectivity index (χ0v) is 16.7. The maximum atomic E-state index is 12.6. The van der Waals surface area contributed by atoms with E-state index in [2.05, 4.69) is 28.3 Å². The largest absolute Gasteiger partial charge is 0.299 e. The molecule has 2 aromatic carbocycles. The maximum Gasteiger partial charge on any atom is 0.141 e. The summed E-state index contributed by atoms with van der Waals surface area (Å²) < 4.78 is 1.88. The van der Waals surface area contributed by atoms with Gasteiger partial charge in [0.1, 0.15) is 5.78 Å². The molecule has 0 aliphatic carbocycles. The first-order chi connectivity index (χ1) is 14.1. The van der Waals surface area contributed by atoms with Crippen molar-refractivity contribution in [3.05, 3.63) is 102 Å². The Morgan fingerprint density at radius 2 is 1.66 bits per heavy atom. The van der Waals surface area contributed by atoms with Gasteiger partial charge in [0.2, 0.25) is 0 Å². The highest BCUT2D eigenvalue weighted by Gasteiger charge is 2.12. The fourth-order valence-electron chi connectivity index (χ4n) is 3.49. The van der Waals surface area contributed by atoms with Gasteiger partial charge in [-0.1, -0.05) is 42.5 Å². The summed E-state index contributed by atoms with van der Waals surface area (Å²) in [4.78, 5) is 16.9. The Bertz CT molecular complexity index is 1130. The van der Waals surface area contributed by atoms with Crippen molar-refractivity contribution in [1.29, 1.82) is 0 Å². The third-order valence-electron chi connectivity index (χ3n) is 5.09. The Morgan fingerprint density at radius 1 is 0.897 bits per heavy atom. The molecule has 0 amide bonds. The van der Waals surface area contributed by atoms with Gasteiger partial charge in [-0.15, -0.1) is 0 Å². The molecule has 0 spiro atoms. The number of nitrogens with zero attached hydrogens (tertiary/aromatic N) is 3. The second kappa shape index (κ2) is 8.23. The zero-order chi connectivity index (χ0) is 20.2. The monoisotopic (exact) mass is 381 g/mol. The molecule has 29 heavy (non-hydrogen) atoms. The van der Waals surface area contributed by atoms with Crippen LogP contribution in [0.15, 0.2) is 79.1 Å². The van der Waals surface area contributed by atoms with Crippen LogP contribution in [0.5, 0.6) is 0 Å². The first-order valence-corrected chi connectivity index (χ1v) is 9.73. The Hall–Kier alpha value is -3.53. The van der Waals surface area contributed by atoms with E-state index in [4.69, 9.17) is 0 Å². The lowest BCUT2D eigenvalue weighted by Gasteiger charge is -2.06. The predicted octanol–water partition coefficient (Wildman–Crippen LogP) is 4.91. The van der Waals surface area contributed by atoms with Crippen molar-refractivity contribution in [3.63, 3.8) is 0 Å². The highest BCUT2D eigenvalue weighted by molar-refractivity contribution is 5.83. The van der Waals surface area contributed by atoms with Crippen LogP contribution in [0.1, 0.15) is 22.5 Å². The topological polar surface area (TPSA) is 47.8 Å². The van der Waals surface area contributed by atoms with E-state index in [1.54, 1.807) is 6.20 Å². The zero-order valence-electron chi connectivity index (χ0n) is 16.7. The van der Waals surface area contributed by atoms with Gasteiger partial charge in [0.15, 0.2) is 0 Å². The van der Waals surface area contributed by atoms with Gasteiger partial charge in [-0.3, -0.25) is 9.78 Å². The molecule has 0 aliphatic rings. The van der Waals surface area contributed by atoms with E-state index in [1.165, 1.54) is 0 Å². The molecule has 0 bridgehead atoms. The molecule has 0 N–H and O–H groups in total. The third kappa shape index (κ3) is 4.32. The number of carbonyl (C=O) groups is 1. The quantitative estimate of drug-likeness (QED) is 0.477. The molecular weight excluding hydrogens is 358 g/mol. The molecule has 4 heteroatoms. The van der Waals surface area contributed by atoms with E-state index in [0.29, 0.717) is 12.8 Å². The van der Waals surface area contributed by atoms with Crippen molar-refractivity contribution in [2.75, 3.05) is 0 Å². The molecule has 4 nitrogen and oxygen atoms in total. The van der Waals surface area contributed by atoms with Gasteiger partial charge in [0, 0.05) is 36.0 Å². The number of aryl methyl sites for hydroxylation is 1. The van der Waals surface area contributed by atoms with Crippen LogP contribution in [0.3, 0.4) is 0 Å². The van der Waals surface area contributed by atoms with Crippen molar-refractivity contribution in [2.45, 2.75) is 26.7 Å². The average molecular weight is 381 g/mol. The summed E-state index contributed by atoms with van der Waals surface area (Å²) in [6.07, 6.45) is 4.44. The molecule has 2 heterocycles. The molecule has 0 aliphatic heterocycles. The number of benzene rings is 2. The maximum absolute atomic E-state index is 12.6. The van der Waals surface area contributed by atoms with Crippen molar-refractivity contribution < 1.29 is 4.79 Å². The number of hydrogen-bond acceptors (Lipinski definition) is 3. The second-order valence-corrected chi connectivity index (χ2v) is 7.28. The van der Waals surface area contributed by atoms with E-state index >= 15 is 0 Å². The van der Waals surface area contributed by atoms with E-state index in [0.717, 1.165) is 39.3 Å². The van der Waals surface area contributed by atoms with Crippen molar-refractivity contribution in [3.8, 4) is 16.8 Å². The number of aromatic nitrogens is 3. The standard InChI is InChI=1S/C25H23N3O/c1-18-14-22(12-13-26-18)21-10-8-20(9-11-21)15-25(29)16-23-17-27-28(19(23)2)24-6-4-3-5-7-24/h3-14,17H,15-16H2,1-2H3. The number of para-hydroxylation sites is 1. The first kappa shape index (κ1) is 18.8. The smallest absolute Gasteiger partial charge is 0.141 e. The van der Waals surface area contributed by atoms with Crippen molar-refractivity contribution >= 4 is 5.78 Å². The second-order valence-electron chi connectivity index (χ2n) is 7.28. The van der Waals surface area contributed by atoms with Gasteiger partial charge in [0.05, 0.1) is 11.9 Å². The number of Topliss-reactive ketones (excluding diaryl/α,β-unsaturated/α-hetero) is 1. The minimum atomic E-state index is 0.188. The van der Waals surface area contributed by atoms with Crippen LogP contribution in [0.4, 0.5) is 0 Å². The van der Waals surface area contributed by atoms with Gasteiger partial charge in [0.25, 0.3) is 0 Å². The van der Waals surface area contributed by atoms with E-state index in [9.17, 15) is 4.79 Å². The molecule has 4 aromatic rings. The highest BCUT2D eigenvalue weighted by atomic mass is 16.1. The minimum Gasteiger partial charge on any atom is -0.299 e. The molecule has 0 saturated heterocycles. The van der Waals surface area contributed by atoms with Crippen molar-refractivity contribution in [1.82, 2.24) is 14.8 Å². The number of carbonyl (C=O) groups excluding carboxylic acids is 1. The molecule has 2 aromatic heterocycles. The summed E-state index contributed by atoms with van der Waals surface area (Å²) in [6, 6.07) is 22.2. The van der Waals surface area contributed by atoms with Crippen LogP contribution in [0, 0.1) is 13.8 Å². The van der Waals surface area contributed by atoms with Crippen LogP contribution in [-0.2, 0) is 17.6 Å². The lowest BCUT2D eigenvalue weighted by Crippen LogP contribution is -2.07. The van der Waals surface area contributed by atoms with Gasteiger partial charge in [-0.25, -0.2) is 4.68 Å². The van der Waals surface area contributed by atoms with Gasteiger partial charge in [-0.2, -0.15) is 5.10 Å². The average Bonchev–Trinajstić information content (AvgIpc) is 3.09. The lowest BCUT2D eigenvalue weighted by molar-refractivity contribution is -0.117. The van der Waals surface area contributed by atoms with Gasteiger partial charge >= 0.3 is 0 Å². The molecule has 4 rings (SSSR count). The summed E-state index contributed by atoms with van der Waals surface area (Å²) >= 11 is 0. The summed E-state index contributed by atoms with van der Waals surface area (Å²) in [5, 5.41) is 4.46. The lowest BCUT2D eigenvalue weighted by atomic mass is 10.00. The van der Waals surface area contributed by atoms with Crippen LogP contribution in [0.25, 0.3) is 16.8 Å². The van der Waals surface area contributed by atoms with E-state index in [-0.39, 0.29) is 5.78 Å². The minimum absolute atomic E-state index is 0.188. The molecule has 0 fully saturated rings. The Kier molecular flexibility index (Phi) is 5.34. The molecule has 0 unspecified atom stereocenters. The summed E-state index contributed by atoms with van der Waals surface area (Å²) in [6.45, 7) is 3.99. The summed E-state index contributed by atoms with van der Waals surface area (Å²) in [5.74, 6) is 0.188. The summed E-state index contributed by atoms with van der Waals surface area (Å²) in [5.41, 5.74) is 7.28. The third-order valence-corrected chi connectivity index (χ3v) is 5.09. The Labute approximate surface area is 170 Å². The number of rotatable bonds is 6. The molecular formula is C25H23N3O. The fourth-order valence-corrected chi connectivity index (χ4v) is 3.49. The molecule has 0 radical (unpaired) electrons. The SMILES string of the molecule is Cc1cc(-c2ccc(CC(=O)Cc3cnn(-c4ccccc4)c3C)cc2)ccn1. The van der Waals surface area contributed by atoms with Crippen molar-refractivity contribution in [2.24, 2.45) is 0 Å². The fraction of sp³-hybridized carbons (Fsp3) is 0.160. The predicted molar refractivity (Wildman–Crippen MR) is 115 cm³/mol. The number of hydrogen-bond donors (Lipinski definition) is 0. The molecule has 0 atom stereocenters. The van der Waals surface area contributed by atoms with Gasteiger partial charge in [-0.05, 0) is 54.8 Å². The normalized spacial score (nSPS) is 10.8. The number of pyridine rings is 1. The highest BCUT2D eigenvalue weighted by Crippen LogP contribution is 2.21. The first-order valence-electron chi connectivity index (χ1n) is 9.73. The summed E-state index contributed by atoms with van der Waals surface area (Å²) in [7, 11) is 0. The molecule has 144 valence electrons. The van der Waals surface area contributed by atoms with Gasteiger partial charge < -0.3 is 0 Å². The van der Waals surface area contributed by atoms with Crippen LogP contribution >= 0.6 is 0 Å². The van der Waals surface area contributed by atoms with Crippen LogP contribution in [0.2, 0.25) is 0 Å². The van der Waals surface area contributed by atoms with Crippen LogP contribution < -0.4 is 0 Å². The Morgan fingerprint density at radius 3 is 2.38 bits per heavy atom. The molecule has 0 saturated carbocycles.